The van der Waals surface area contributed by atoms with Gasteiger partial charge in [-0.1, -0.05) is 5.16 Å². The number of aryl methyl sites for hydroxylation is 1. The number of benzene rings is 1. The quantitative estimate of drug-likeness (QED) is 0.719. The molecule has 1 aromatic carbocycles. The average molecular weight is 362 g/mol. The predicted octanol–water partition coefficient (Wildman–Crippen LogP) is 4.39. The normalized spacial score (nSPS) is 11.2. The van der Waals surface area contributed by atoms with E-state index in [9.17, 15) is 18.0 Å². The summed E-state index contributed by atoms with van der Waals surface area (Å²) in [7, 11) is 0. The van der Waals surface area contributed by atoms with Crippen molar-refractivity contribution in [1.82, 2.24) is 10.1 Å². The van der Waals surface area contributed by atoms with Crippen LogP contribution in [0.1, 0.15) is 21.8 Å². The first-order chi connectivity index (χ1) is 12.3. The van der Waals surface area contributed by atoms with Crippen LogP contribution in [0.4, 0.5) is 30.4 Å². The van der Waals surface area contributed by atoms with Crippen molar-refractivity contribution in [2.45, 2.75) is 13.1 Å². The minimum Gasteiger partial charge on any atom is -0.360 e. The number of rotatable bonds is 4. The lowest BCUT2D eigenvalue weighted by Crippen LogP contribution is -2.14. The molecule has 2 N–H and O–H groups in total. The van der Waals surface area contributed by atoms with Gasteiger partial charge in [-0.15, -0.1) is 0 Å². The van der Waals surface area contributed by atoms with Crippen LogP contribution in [0.3, 0.4) is 0 Å². The van der Waals surface area contributed by atoms with E-state index >= 15 is 0 Å². The van der Waals surface area contributed by atoms with Crippen LogP contribution in [-0.2, 0) is 6.18 Å². The first-order valence-corrected chi connectivity index (χ1v) is 7.46. The highest BCUT2D eigenvalue weighted by Gasteiger charge is 2.30. The third-order valence-corrected chi connectivity index (χ3v) is 3.36. The van der Waals surface area contributed by atoms with Crippen molar-refractivity contribution in [3.05, 3.63) is 65.7 Å². The molecule has 0 fully saturated rings. The number of alkyl halides is 3. The van der Waals surface area contributed by atoms with Crippen molar-refractivity contribution in [2.24, 2.45) is 0 Å². The number of hydrogen-bond donors (Lipinski definition) is 2. The van der Waals surface area contributed by atoms with Crippen LogP contribution in [0.25, 0.3) is 0 Å². The van der Waals surface area contributed by atoms with Crippen molar-refractivity contribution < 1.29 is 22.5 Å². The molecular formula is C17H13F3N4O2. The van der Waals surface area contributed by atoms with E-state index in [4.69, 9.17) is 4.52 Å². The Morgan fingerprint density at radius 3 is 2.42 bits per heavy atom. The van der Waals surface area contributed by atoms with Crippen LogP contribution >= 0.6 is 0 Å². The van der Waals surface area contributed by atoms with Gasteiger partial charge in [0.15, 0.2) is 5.82 Å². The Kier molecular flexibility index (Phi) is 4.61. The van der Waals surface area contributed by atoms with Crippen LogP contribution in [0.5, 0.6) is 0 Å². The molecule has 2 heterocycles. The number of hydrogen-bond acceptors (Lipinski definition) is 5. The Morgan fingerprint density at radius 1 is 1.08 bits per heavy atom. The summed E-state index contributed by atoms with van der Waals surface area (Å²) in [4.78, 5) is 16.2. The van der Waals surface area contributed by atoms with Gasteiger partial charge in [0.2, 0.25) is 0 Å². The summed E-state index contributed by atoms with van der Waals surface area (Å²) in [6.45, 7) is 1.74. The van der Waals surface area contributed by atoms with Crippen molar-refractivity contribution in [3.63, 3.8) is 0 Å². The third kappa shape index (κ3) is 4.18. The number of carbonyl (C=O) groups excluding carboxylic acids is 1. The van der Waals surface area contributed by atoms with Gasteiger partial charge in [-0.3, -0.25) is 9.78 Å². The molecule has 9 heteroatoms. The molecule has 0 atom stereocenters. The van der Waals surface area contributed by atoms with Gasteiger partial charge in [0.05, 0.1) is 5.56 Å². The maximum absolute atomic E-state index is 12.6. The molecule has 6 nitrogen and oxygen atoms in total. The maximum atomic E-state index is 12.6. The zero-order valence-electron chi connectivity index (χ0n) is 13.5. The number of carbonyl (C=O) groups is 1. The second-order valence-electron chi connectivity index (χ2n) is 5.41. The Hall–Kier alpha value is -3.36. The standard InChI is InChI=1S/C17H13F3N4O2/c1-10-8-15(24-26-10)22-13-6-7-21-14(9-13)16(25)23-12-4-2-11(3-5-12)17(18,19)20/h2-9H,1H3,(H,23,25)(H,21,22,24). The fourth-order valence-electron chi connectivity index (χ4n) is 2.14. The van der Waals surface area contributed by atoms with Crippen LogP contribution in [-0.4, -0.2) is 16.0 Å². The molecule has 3 rings (SSSR count). The molecule has 1 amide bonds. The van der Waals surface area contributed by atoms with E-state index in [0.717, 1.165) is 12.1 Å². The molecule has 0 saturated heterocycles. The molecule has 0 bridgehead atoms. The van der Waals surface area contributed by atoms with Gasteiger partial charge in [0.25, 0.3) is 5.91 Å². The minimum absolute atomic E-state index is 0.0927. The van der Waals surface area contributed by atoms with Crippen LogP contribution in [0.2, 0.25) is 0 Å². The molecule has 26 heavy (non-hydrogen) atoms. The summed E-state index contributed by atoms with van der Waals surface area (Å²) in [5, 5.41) is 9.24. The van der Waals surface area contributed by atoms with Gasteiger partial charge in [-0.05, 0) is 43.3 Å². The van der Waals surface area contributed by atoms with Gasteiger partial charge >= 0.3 is 6.18 Å². The number of aromatic nitrogens is 2. The molecule has 0 aliphatic carbocycles. The molecule has 2 aromatic heterocycles. The van der Waals surface area contributed by atoms with Crippen molar-refractivity contribution in [1.29, 1.82) is 0 Å². The van der Waals surface area contributed by atoms with Crippen LogP contribution < -0.4 is 10.6 Å². The molecule has 0 unspecified atom stereocenters. The number of nitrogens with one attached hydrogen (secondary N) is 2. The minimum atomic E-state index is -4.43. The highest BCUT2D eigenvalue weighted by molar-refractivity contribution is 6.03. The predicted molar refractivity (Wildman–Crippen MR) is 88.2 cm³/mol. The smallest absolute Gasteiger partial charge is 0.360 e. The zero-order valence-corrected chi connectivity index (χ0v) is 13.5. The SMILES string of the molecule is Cc1cc(Nc2ccnc(C(=O)Nc3ccc(C(F)(F)F)cc3)c2)no1. The lowest BCUT2D eigenvalue weighted by Gasteiger charge is -2.09. The molecule has 0 aliphatic rings. The van der Waals surface area contributed by atoms with Crippen LogP contribution in [0.15, 0.2) is 53.2 Å². The summed E-state index contributed by atoms with van der Waals surface area (Å²) in [5.41, 5.74) is 0.0963. The Labute approximate surface area is 146 Å². The van der Waals surface area contributed by atoms with E-state index in [0.29, 0.717) is 17.3 Å². The molecule has 0 aliphatic heterocycles. The fraction of sp³-hybridized carbons (Fsp3) is 0.118. The van der Waals surface area contributed by atoms with E-state index in [1.54, 1.807) is 19.1 Å². The second-order valence-corrected chi connectivity index (χ2v) is 5.41. The average Bonchev–Trinajstić information content (AvgIpc) is 2.99. The van der Waals surface area contributed by atoms with Gasteiger partial charge in [-0.2, -0.15) is 13.2 Å². The first-order valence-electron chi connectivity index (χ1n) is 7.46. The van der Waals surface area contributed by atoms with E-state index in [1.807, 2.05) is 0 Å². The number of pyridine rings is 1. The van der Waals surface area contributed by atoms with Gasteiger partial charge < -0.3 is 15.2 Å². The van der Waals surface area contributed by atoms with Gasteiger partial charge in [0.1, 0.15) is 11.5 Å². The molecule has 0 radical (unpaired) electrons. The van der Waals surface area contributed by atoms with E-state index in [-0.39, 0.29) is 11.4 Å². The highest BCUT2D eigenvalue weighted by atomic mass is 19.4. The Balaban J connectivity index is 1.70. The van der Waals surface area contributed by atoms with Crippen molar-refractivity contribution in [2.75, 3.05) is 10.6 Å². The first kappa shape index (κ1) is 17.5. The lowest BCUT2D eigenvalue weighted by atomic mass is 10.2. The number of amides is 1. The van der Waals surface area contributed by atoms with Crippen LogP contribution in [0, 0.1) is 6.92 Å². The van der Waals surface area contributed by atoms with E-state index in [2.05, 4.69) is 20.8 Å². The largest absolute Gasteiger partial charge is 0.416 e. The Bertz CT molecular complexity index is 920. The number of nitrogens with zero attached hydrogens (tertiary/aromatic N) is 2. The van der Waals surface area contributed by atoms with Gasteiger partial charge in [-0.25, -0.2) is 0 Å². The summed E-state index contributed by atoms with van der Waals surface area (Å²) in [6.07, 6.45) is -3.00. The summed E-state index contributed by atoms with van der Waals surface area (Å²) >= 11 is 0. The lowest BCUT2D eigenvalue weighted by molar-refractivity contribution is -0.137. The molecule has 3 aromatic rings. The summed E-state index contributed by atoms with van der Waals surface area (Å²) in [5.74, 6) is 0.550. The monoisotopic (exact) mass is 362 g/mol. The van der Waals surface area contributed by atoms with Crippen molar-refractivity contribution >= 4 is 23.1 Å². The topological polar surface area (TPSA) is 80.0 Å². The second kappa shape index (κ2) is 6.87. The molecular weight excluding hydrogens is 349 g/mol. The summed E-state index contributed by atoms with van der Waals surface area (Å²) < 4.78 is 42.6. The molecule has 0 spiro atoms. The highest BCUT2D eigenvalue weighted by Crippen LogP contribution is 2.29. The Morgan fingerprint density at radius 2 is 1.81 bits per heavy atom. The fourth-order valence-corrected chi connectivity index (χ4v) is 2.14. The third-order valence-electron chi connectivity index (χ3n) is 3.36. The van der Waals surface area contributed by atoms with Gasteiger partial charge in [0, 0.05) is 23.6 Å². The molecule has 134 valence electrons. The van der Waals surface area contributed by atoms with E-state index in [1.165, 1.54) is 24.4 Å². The number of anilines is 3. The van der Waals surface area contributed by atoms with E-state index < -0.39 is 17.6 Å². The van der Waals surface area contributed by atoms with Crippen molar-refractivity contribution in [3.8, 4) is 0 Å². The zero-order chi connectivity index (χ0) is 18.7. The molecule has 0 saturated carbocycles. The maximum Gasteiger partial charge on any atom is 0.416 e. The summed E-state index contributed by atoms with van der Waals surface area (Å²) in [6, 6.07) is 8.97. The number of halogens is 3.